The number of benzene rings is 2. The van der Waals surface area contributed by atoms with E-state index in [1.165, 1.54) is 0 Å². The third kappa shape index (κ3) is 4.49. The molecule has 0 unspecified atom stereocenters. The van der Waals surface area contributed by atoms with E-state index in [9.17, 15) is 10.1 Å². The average molecular weight is 343 g/mol. The van der Waals surface area contributed by atoms with Gasteiger partial charge in [0.1, 0.15) is 24.0 Å². The minimum atomic E-state index is -0.330. The molecule has 1 aliphatic carbocycles. The highest BCUT2D eigenvalue weighted by molar-refractivity contribution is 6.01. The number of rotatable bonds is 6. The average Bonchev–Trinajstić information content (AvgIpc) is 3.49. The summed E-state index contributed by atoms with van der Waals surface area (Å²) in [5, 5.41) is 21.1. The molecule has 2 aromatic rings. The van der Waals surface area contributed by atoms with Crippen molar-refractivity contribution < 1.29 is 9.53 Å². The molecule has 0 spiro atoms. The Kier molecular flexibility index (Phi) is 5.31. The van der Waals surface area contributed by atoms with Crippen molar-refractivity contribution in [2.24, 2.45) is 0 Å². The summed E-state index contributed by atoms with van der Waals surface area (Å²) >= 11 is 0. The number of carbonyl (C=O) groups is 1. The number of hydrogen-bond acceptors (Lipinski definition) is 4. The second-order valence-electron chi connectivity index (χ2n) is 6.04. The van der Waals surface area contributed by atoms with E-state index in [0.29, 0.717) is 17.9 Å². The van der Waals surface area contributed by atoms with Crippen molar-refractivity contribution in [3.63, 3.8) is 0 Å². The zero-order valence-corrected chi connectivity index (χ0v) is 14.1. The van der Waals surface area contributed by atoms with Crippen LogP contribution in [-0.4, -0.2) is 11.9 Å². The molecule has 1 aliphatic rings. The molecule has 0 bridgehead atoms. The van der Waals surface area contributed by atoms with Gasteiger partial charge >= 0.3 is 0 Å². The minimum Gasteiger partial charge on any atom is -0.489 e. The first-order valence-electron chi connectivity index (χ1n) is 8.33. The van der Waals surface area contributed by atoms with E-state index in [-0.39, 0.29) is 17.5 Å². The Morgan fingerprint density at radius 1 is 1.15 bits per heavy atom. The molecule has 0 heterocycles. The van der Waals surface area contributed by atoms with Crippen molar-refractivity contribution in [3.05, 3.63) is 70.8 Å². The van der Waals surface area contributed by atoms with Gasteiger partial charge in [0, 0.05) is 11.6 Å². The third-order valence-corrected chi connectivity index (χ3v) is 4.00. The first-order valence-corrected chi connectivity index (χ1v) is 8.33. The van der Waals surface area contributed by atoms with Crippen LogP contribution in [0.25, 0.3) is 6.08 Å². The van der Waals surface area contributed by atoms with Crippen LogP contribution in [0.4, 0.5) is 0 Å². The fourth-order valence-corrected chi connectivity index (χ4v) is 2.38. The summed E-state index contributed by atoms with van der Waals surface area (Å²) in [5.41, 5.74) is 2.25. The van der Waals surface area contributed by atoms with Crippen LogP contribution in [0.1, 0.15) is 29.5 Å². The Morgan fingerprint density at radius 2 is 1.88 bits per heavy atom. The predicted octanol–water partition coefficient (Wildman–Crippen LogP) is 3.32. The molecule has 1 saturated carbocycles. The van der Waals surface area contributed by atoms with E-state index in [2.05, 4.69) is 11.4 Å². The van der Waals surface area contributed by atoms with Gasteiger partial charge in [0.2, 0.25) is 0 Å². The molecule has 5 heteroatoms. The second kappa shape index (κ2) is 8.00. The van der Waals surface area contributed by atoms with Crippen LogP contribution < -0.4 is 10.1 Å². The first kappa shape index (κ1) is 17.3. The smallest absolute Gasteiger partial charge is 0.262 e. The normalized spacial score (nSPS) is 13.4. The molecule has 1 fully saturated rings. The molecular formula is C21H17N3O2. The first-order chi connectivity index (χ1) is 12.7. The fourth-order valence-electron chi connectivity index (χ4n) is 2.38. The quantitative estimate of drug-likeness (QED) is 0.644. The van der Waals surface area contributed by atoms with Crippen molar-refractivity contribution in [1.82, 2.24) is 5.32 Å². The van der Waals surface area contributed by atoms with Crippen LogP contribution >= 0.6 is 0 Å². The maximum absolute atomic E-state index is 12.0. The lowest BCUT2D eigenvalue weighted by Crippen LogP contribution is -2.26. The summed E-state index contributed by atoms with van der Waals surface area (Å²) in [6.45, 7) is 0.298. The fraction of sp³-hybridized carbons (Fsp3) is 0.190. The number of ether oxygens (including phenoxy) is 1. The molecule has 3 rings (SSSR count). The van der Waals surface area contributed by atoms with Crippen molar-refractivity contribution in [2.75, 3.05) is 0 Å². The zero-order chi connectivity index (χ0) is 18.4. The van der Waals surface area contributed by atoms with Gasteiger partial charge < -0.3 is 10.1 Å². The molecule has 0 atom stereocenters. The molecule has 0 saturated heterocycles. The highest BCUT2D eigenvalue weighted by Crippen LogP contribution is 2.20. The van der Waals surface area contributed by atoms with Gasteiger partial charge in [-0.05, 0) is 42.7 Å². The largest absolute Gasteiger partial charge is 0.489 e. The van der Waals surface area contributed by atoms with Gasteiger partial charge in [-0.3, -0.25) is 4.79 Å². The lowest BCUT2D eigenvalue weighted by atomic mass is 10.1. The third-order valence-electron chi connectivity index (χ3n) is 4.00. The van der Waals surface area contributed by atoms with Crippen LogP contribution in [0.2, 0.25) is 0 Å². The molecule has 1 N–H and O–H groups in total. The number of carbonyl (C=O) groups excluding carboxylic acids is 1. The Hall–Kier alpha value is -3.57. The number of hydrogen-bond donors (Lipinski definition) is 1. The molecule has 2 aromatic carbocycles. The van der Waals surface area contributed by atoms with Crippen molar-refractivity contribution >= 4 is 12.0 Å². The number of nitrogens with one attached hydrogen (secondary N) is 1. The summed E-state index contributed by atoms with van der Waals surface area (Å²) in [6.07, 6.45) is 3.52. The SMILES string of the molecule is N#C/C(=C\c1ccc(OCc2ccccc2C#N)cc1)C(=O)NC1CC1. The Bertz CT molecular complexity index is 914. The zero-order valence-electron chi connectivity index (χ0n) is 14.1. The highest BCUT2D eigenvalue weighted by Gasteiger charge is 2.24. The van der Waals surface area contributed by atoms with E-state index in [4.69, 9.17) is 10.00 Å². The Balaban J connectivity index is 1.64. The van der Waals surface area contributed by atoms with Gasteiger partial charge in [0.05, 0.1) is 11.6 Å². The summed E-state index contributed by atoms with van der Waals surface area (Å²) in [6, 6.07) is 18.7. The van der Waals surface area contributed by atoms with Crippen molar-refractivity contribution in [3.8, 4) is 17.9 Å². The number of amides is 1. The minimum absolute atomic E-state index is 0.0912. The Morgan fingerprint density at radius 3 is 2.54 bits per heavy atom. The molecule has 0 aliphatic heterocycles. The van der Waals surface area contributed by atoms with Crippen LogP contribution in [0.5, 0.6) is 5.75 Å². The summed E-state index contributed by atoms with van der Waals surface area (Å²) in [7, 11) is 0. The van der Waals surface area contributed by atoms with Crippen molar-refractivity contribution in [1.29, 1.82) is 10.5 Å². The monoisotopic (exact) mass is 343 g/mol. The van der Waals surface area contributed by atoms with Gasteiger partial charge in [-0.1, -0.05) is 30.3 Å². The van der Waals surface area contributed by atoms with Gasteiger partial charge in [0.15, 0.2) is 0 Å². The lowest BCUT2D eigenvalue weighted by molar-refractivity contribution is -0.117. The number of nitriles is 2. The Labute approximate surface area is 152 Å². The van der Waals surface area contributed by atoms with E-state index in [1.807, 2.05) is 24.3 Å². The van der Waals surface area contributed by atoms with Crippen LogP contribution in [-0.2, 0) is 11.4 Å². The van der Waals surface area contributed by atoms with Gasteiger partial charge in [0.25, 0.3) is 5.91 Å². The van der Waals surface area contributed by atoms with Gasteiger partial charge in [-0.15, -0.1) is 0 Å². The van der Waals surface area contributed by atoms with Gasteiger partial charge in [-0.2, -0.15) is 10.5 Å². The topological polar surface area (TPSA) is 85.9 Å². The molecule has 0 radical (unpaired) electrons. The molecule has 26 heavy (non-hydrogen) atoms. The number of nitrogens with zero attached hydrogens (tertiary/aromatic N) is 2. The van der Waals surface area contributed by atoms with Crippen LogP contribution in [0.3, 0.4) is 0 Å². The van der Waals surface area contributed by atoms with Crippen LogP contribution in [0, 0.1) is 22.7 Å². The van der Waals surface area contributed by atoms with E-state index >= 15 is 0 Å². The van der Waals surface area contributed by atoms with Gasteiger partial charge in [-0.25, -0.2) is 0 Å². The molecule has 5 nitrogen and oxygen atoms in total. The summed E-state index contributed by atoms with van der Waals surface area (Å²) < 4.78 is 5.71. The molecule has 0 aromatic heterocycles. The lowest BCUT2D eigenvalue weighted by Gasteiger charge is -2.08. The summed E-state index contributed by atoms with van der Waals surface area (Å²) in [5.74, 6) is 0.319. The standard InChI is InChI=1S/C21H17N3O2/c22-12-16-3-1-2-4-17(16)14-26-20-9-5-15(6-10-20)11-18(13-23)21(25)24-19-7-8-19/h1-6,9-11,19H,7-8,14H2,(H,24,25)/b18-11+. The maximum Gasteiger partial charge on any atom is 0.262 e. The van der Waals surface area contributed by atoms with Crippen molar-refractivity contribution in [2.45, 2.75) is 25.5 Å². The van der Waals surface area contributed by atoms with E-state index < -0.39 is 0 Å². The highest BCUT2D eigenvalue weighted by atomic mass is 16.5. The predicted molar refractivity (Wildman–Crippen MR) is 96.7 cm³/mol. The maximum atomic E-state index is 12.0. The molecule has 128 valence electrons. The van der Waals surface area contributed by atoms with Crippen LogP contribution in [0.15, 0.2) is 54.1 Å². The van der Waals surface area contributed by atoms with E-state index in [0.717, 1.165) is 24.0 Å². The molecular weight excluding hydrogens is 326 g/mol. The summed E-state index contributed by atoms with van der Waals surface area (Å²) in [4.78, 5) is 12.0. The second-order valence-corrected chi connectivity index (χ2v) is 6.04. The molecule has 1 amide bonds. The van der Waals surface area contributed by atoms with E-state index in [1.54, 1.807) is 36.4 Å².